The Morgan fingerprint density at radius 1 is 1.12 bits per heavy atom. The first-order chi connectivity index (χ1) is 19.1. The minimum atomic E-state index is -3.56. The third-order valence-electron chi connectivity index (χ3n) is 6.76. The monoisotopic (exact) mass is 584 g/mol. The second-order valence-corrected chi connectivity index (χ2v) is 12.7. The van der Waals surface area contributed by atoms with E-state index >= 15 is 0 Å². The zero-order valence-electron chi connectivity index (χ0n) is 22.8. The third kappa shape index (κ3) is 6.41. The molecule has 0 aliphatic carbocycles. The number of rotatable bonds is 9. The third-order valence-corrected chi connectivity index (χ3v) is 8.18. The summed E-state index contributed by atoms with van der Waals surface area (Å²) in [7, 11) is -2.14. The Balaban J connectivity index is 1.35. The maximum Gasteiger partial charge on any atom is 0.275 e. The van der Waals surface area contributed by atoms with Crippen LogP contribution in [0.2, 0.25) is 0 Å². The van der Waals surface area contributed by atoms with Gasteiger partial charge in [-0.2, -0.15) is 5.10 Å². The van der Waals surface area contributed by atoms with Crippen molar-refractivity contribution in [1.82, 2.24) is 30.0 Å². The number of carbonyl (C=O) groups excluding carboxylic acids is 1. The fourth-order valence-corrected chi connectivity index (χ4v) is 6.03. The lowest BCUT2D eigenvalue weighted by Crippen LogP contribution is -2.48. The molecule has 4 heterocycles. The summed E-state index contributed by atoms with van der Waals surface area (Å²) in [5.74, 6) is -0.175. The highest BCUT2D eigenvalue weighted by Gasteiger charge is 2.21. The van der Waals surface area contributed by atoms with Crippen molar-refractivity contribution in [1.29, 1.82) is 0 Å². The fourth-order valence-electron chi connectivity index (χ4n) is 4.67. The van der Waals surface area contributed by atoms with E-state index < -0.39 is 10.0 Å². The number of ether oxygens (including phenoxy) is 1. The molecule has 1 amide bonds. The summed E-state index contributed by atoms with van der Waals surface area (Å²) < 4.78 is 31.3. The van der Waals surface area contributed by atoms with Gasteiger partial charge in [0.1, 0.15) is 16.4 Å². The van der Waals surface area contributed by atoms with Gasteiger partial charge in [-0.1, -0.05) is 0 Å². The molecule has 4 aromatic rings. The summed E-state index contributed by atoms with van der Waals surface area (Å²) in [6, 6.07) is 5.82. The SMILES string of the molecule is COc1ncc(-c2cc(NC(=O)c3csc(CN4CCN(C(C)C)CC4)n3)c3cn[nH]c3c2)cc1NS(C)(=O)=O. The van der Waals surface area contributed by atoms with Crippen LogP contribution in [0.15, 0.2) is 36.0 Å². The van der Waals surface area contributed by atoms with Crippen LogP contribution in [0.4, 0.5) is 11.4 Å². The second-order valence-electron chi connectivity index (χ2n) is 10.00. The molecule has 3 aromatic heterocycles. The van der Waals surface area contributed by atoms with Crippen LogP contribution in [0.3, 0.4) is 0 Å². The molecular formula is C26H32N8O4S2. The van der Waals surface area contributed by atoms with Crippen LogP contribution in [0, 0.1) is 0 Å². The number of benzene rings is 1. The number of hydrogen-bond donors (Lipinski definition) is 3. The van der Waals surface area contributed by atoms with E-state index in [4.69, 9.17) is 4.74 Å². The molecule has 0 radical (unpaired) electrons. The smallest absolute Gasteiger partial charge is 0.275 e. The summed E-state index contributed by atoms with van der Waals surface area (Å²) in [5, 5.41) is 13.5. The lowest BCUT2D eigenvalue weighted by Gasteiger charge is -2.36. The zero-order chi connectivity index (χ0) is 28.4. The van der Waals surface area contributed by atoms with E-state index in [1.54, 1.807) is 29.9 Å². The number of piperazine rings is 1. The first-order valence-electron chi connectivity index (χ1n) is 12.8. The maximum atomic E-state index is 13.2. The molecule has 5 rings (SSSR count). The molecule has 0 unspecified atom stereocenters. The highest BCUT2D eigenvalue weighted by molar-refractivity contribution is 7.92. The second kappa shape index (κ2) is 11.5. The van der Waals surface area contributed by atoms with Gasteiger partial charge < -0.3 is 10.1 Å². The van der Waals surface area contributed by atoms with Crippen molar-refractivity contribution in [3.63, 3.8) is 0 Å². The number of aromatic nitrogens is 4. The van der Waals surface area contributed by atoms with E-state index in [1.165, 1.54) is 18.4 Å². The van der Waals surface area contributed by atoms with Gasteiger partial charge in [0, 0.05) is 54.7 Å². The molecule has 14 heteroatoms. The predicted molar refractivity (Wildman–Crippen MR) is 156 cm³/mol. The fraction of sp³-hybridized carbons (Fsp3) is 0.385. The minimum absolute atomic E-state index is 0.145. The molecule has 40 heavy (non-hydrogen) atoms. The number of fused-ring (bicyclic) bond motifs is 1. The molecular weight excluding hydrogens is 552 g/mol. The first kappa shape index (κ1) is 28.0. The van der Waals surface area contributed by atoms with Gasteiger partial charge in [-0.25, -0.2) is 18.4 Å². The number of nitrogens with one attached hydrogen (secondary N) is 3. The Morgan fingerprint density at radius 2 is 1.88 bits per heavy atom. The van der Waals surface area contributed by atoms with Crippen molar-refractivity contribution in [3.8, 4) is 17.0 Å². The molecule has 12 nitrogen and oxygen atoms in total. The van der Waals surface area contributed by atoms with Crippen molar-refractivity contribution in [2.45, 2.75) is 26.4 Å². The number of methoxy groups -OCH3 is 1. The number of anilines is 2. The van der Waals surface area contributed by atoms with Gasteiger partial charge in [-0.15, -0.1) is 11.3 Å². The highest BCUT2D eigenvalue weighted by atomic mass is 32.2. The lowest BCUT2D eigenvalue weighted by atomic mass is 10.0. The summed E-state index contributed by atoms with van der Waals surface area (Å²) in [6.45, 7) is 9.18. The topological polar surface area (TPSA) is 145 Å². The molecule has 1 aliphatic heterocycles. The maximum absolute atomic E-state index is 13.2. The first-order valence-corrected chi connectivity index (χ1v) is 15.6. The molecule has 1 fully saturated rings. The summed E-state index contributed by atoms with van der Waals surface area (Å²) in [4.78, 5) is 26.9. The van der Waals surface area contributed by atoms with Gasteiger partial charge in [0.15, 0.2) is 0 Å². The van der Waals surface area contributed by atoms with Crippen LogP contribution in [0.1, 0.15) is 29.3 Å². The Labute approximate surface area is 236 Å². The lowest BCUT2D eigenvalue weighted by molar-refractivity contribution is 0.101. The number of thiazole rings is 1. The van der Waals surface area contributed by atoms with Crippen LogP contribution in [-0.4, -0.2) is 89.9 Å². The number of pyridine rings is 1. The molecule has 0 atom stereocenters. The summed E-state index contributed by atoms with van der Waals surface area (Å²) in [6.07, 6.45) is 4.27. The van der Waals surface area contributed by atoms with Crippen LogP contribution in [0.25, 0.3) is 22.0 Å². The van der Waals surface area contributed by atoms with E-state index in [0.717, 1.165) is 49.4 Å². The molecule has 212 valence electrons. The van der Waals surface area contributed by atoms with Crippen LogP contribution >= 0.6 is 11.3 Å². The summed E-state index contributed by atoms with van der Waals surface area (Å²) >= 11 is 1.48. The van der Waals surface area contributed by atoms with Crippen molar-refractivity contribution >= 4 is 49.5 Å². The Kier molecular flexibility index (Phi) is 8.03. The largest absolute Gasteiger partial charge is 0.480 e. The Morgan fingerprint density at radius 3 is 2.58 bits per heavy atom. The van der Waals surface area contributed by atoms with E-state index in [9.17, 15) is 13.2 Å². The number of carbonyl (C=O) groups is 1. The molecule has 0 saturated carbocycles. The van der Waals surface area contributed by atoms with Crippen molar-refractivity contribution in [2.75, 3.05) is 49.6 Å². The van der Waals surface area contributed by atoms with Gasteiger partial charge in [0.05, 0.1) is 37.3 Å². The number of nitrogens with zero attached hydrogens (tertiary/aromatic N) is 5. The number of hydrogen-bond acceptors (Lipinski definition) is 10. The quantitative estimate of drug-likeness (QED) is 0.270. The van der Waals surface area contributed by atoms with Crippen LogP contribution in [0.5, 0.6) is 5.88 Å². The molecule has 0 bridgehead atoms. The number of amides is 1. The number of sulfonamides is 1. The average Bonchev–Trinajstić information content (AvgIpc) is 3.58. The molecule has 1 aromatic carbocycles. The van der Waals surface area contributed by atoms with Gasteiger partial charge >= 0.3 is 0 Å². The van der Waals surface area contributed by atoms with Gasteiger partial charge in [0.2, 0.25) is 15.9 Å². The van der Waals surface area contributed by atoms with Gasteiger partial charge in [0.25, 0.3) is 5.91 Å². The molecule has 3 N–H and O–H groups in total. The standard InChI is InChI=1S/C26H32N8O4S2/c1-16(2)34-7-5-33(6-8-34)14-24-29-23(15-39-24)25(35)30-20-9-17(10-21-19(20)13-28-31-21)18-11-22(32-40(4,36)37)26(38-3)27-12-18/h9-13,15-16,32H,5-8,14H2,1-4H3,(H,28,31)(H,30,35). The van der Waals surface area contributed by atoms with Gasteiger partial charge in [-0.05, 0) is 37.6 Å². The predicted octanol–water partition coefficient (Wildman–Crippen LogP) is 3.24. The number of H-pyrrole nitrogens is 1. The number of aromatic amines is 1. The molecule has 1 aliphatic rings. The van der Waals surface area contributed by atoms with Crippen molar-refractivity contribution in [3.05, 3.63) is 46.7 Å². The Bertz CT molecular complexity index is 1620. The van der Waals surface area contributed by atoms with E-state index in [-0.39, 0.29) is 17.5 Å². The van der Waals surface area contributed by atoms with Crippen molar-refractivity contribution in [2.24, 2.45) is 0 Å². The minimum Gasteiger partial charge on any atom is -0.480 e. The zero-order valence-corrected chi connectivity index (χ0v) is 24.4. The normalized spacial score (nSPS) is 15.0. The van der Waals surface area contributed by atoms with E-state index in [0.29, 0.717) is 34.1 Å². The van der Waals surface area contributed by atoms with Crippen molar-refractivity contribution < 1.29 is 17.9 Å². The molecule has 1 saturated heterocycles. The molecule has 0 spiro atoms. The van der Waals surface area contributed by atoms with Crippen LogP contribution < -0.4 is 14.8 Å². The Hall–Kier alpha value is -3.59. The highest BCUT2D eigenvalue weighted by Crippen LogP contribution is 2.33. The summed E-state index contributed by atoms with van der Waals surface area (Å²) in [5.41, 5.74) is 3.11. The van der Waals surface area contributed by atoms with E-state index in [1.807, 2.05) is 6.07 Å². The van der Waals surface area contributed by atoms with E-state index in [2.05, 4.69) is 53.9 Å². The van der Waals surface area contributed by atoms with Crippen LogP contribution in [-0.2, 0) is 16.6 Å². The van der Waals surface area contributed by atoms with Gasteiger partial charge in [-0.3, -0.25) is 24.4 Å². The average molecular weight is 585 g/mol.